The minimum Gasteiger partial charge on any atom is -0.369 e. The van der Waals surface area contributed by atoms with Gasteiger partial charge in [0.15, 0.2) is 5.16 Å². The van der Waals surface area contributed by atoms with Gasteiger partial charge in [-0.15, -0.1) is 0 Å². The van der Waals surface area contributed by atoms with Crippen molar-refractivity contribution in [2.75, 3.05) is 12.4 Å². The van der Waals surface area contributed by atoms with Crippen LogP contribution >= 0.6 is 11.8 Å². The number of ether oxygens (including phenoxy) is 1. The summed E-state index contributed by atoms with van der Waals surface area (Å²) in [6.45, 7) is 7.28. The second-order valence-electron chi connectivity index (χ2n) is 5.85. The van der Waals surface area contributed by atoms with Crippen LogP contribution < -0.4 is 5.73 Å². The zero-order valence-electron chi connectivity index (χ0n) is 14.5. The van der Waals surface area contributed by atoms with Gasteiger partial charge < -0.3 is 10.5 Å². The third-order valence-corrected chi connectivity index (χ3v) is 4.60. The third-order valence-electron chi connectivity index (χ3n) is 3.60. The molecule has 0 radical (unpaired) electrons. The molecule has 2 N–H and O–H groups in total. The SMILES string of the molecule is CCOCn1c(SCC(N)=O)nc(C(C)C)c1Cc1ccccc1. The molecular weight excluding hydrogens is 322 g/mol. The Hall–Kier alpha value is -1.79. The van der Waals surface area contributed by atoms with Crippen molar-refractivity contribution >= 4 is 17.7 Å². The van der Waals surface area contributed by atoms with Gasteiger partial charge >= 0.3 is 0 Å². The van der Waals surface area contributed by atoms with Crippen LogP contribution in [0.4, 0.5) is 0 Å². The fourth-order valence-corrected chi connectivity index (χ4v) is 3.23. The first kappa shape index (κ1) is 18.5. The molecule has 1 aromatic heterocycles. The van der Waals surface area contributed by atoms with E-state index >= 15 is 0 Å². The Kier molecular flexibility index (Phi) is 6.87. The lowest BCUT2D eigenvalue weighted by atomic mass is 10.0. The van der Waals surface area contributed by atoms with Crippen molar-refractivity contribution in [2.45, 2.75) is 45.0 Å². The molecule has 6 heteroatoms. The van der Waals surface area contributed by atoms with Gasteiger partial charge in [0.1, 0.15) is 6.73 Å². The van der Waals surface area contributed by atoms with Gasteiger partial charge in [-0.25, -0.2) is 4.98 Å². The van der Waals surface area contributed by atoms with Crippen molar-refractivity contribution in [2.24, 2.45) is 5.73 Å². The van der Waals surface area contributed by atoms with Crippen LogP contribution in [0.3, 0.4) is 0 Å². The van der Waals surface area contributed by atoms with Gasteiger partial charge in [-0.3, -0.25) is 9.36 Å². The Morgan fingerprint density at radius 2 is 2.04 bits per heavy atom. The number of primary amides is 1. The van der Waals surface area contributed by atoms with Gasteiger partial charge in [0.2, 0.25) is 5.91 Å². The van der Waals surface area contributed by atoms with Crippen LogP contribution in [-0.4, -0.2) is 27.8 Å². The van der Waals surface area contributed by atoms with Gasteiger partial charge in [-0.1, -0.05) is 55.9 Å². The lowest BCUT2D eigenvalue weighted by Gasteiger charge is -2.13. The van der Waals surface area contributed by atoms with E-state index in [4.69, 9.17) is 15.5 Å². The maximum atomic E-state index is 11.1. The van der Waals surface area contributed by atoms with Crippen molar-refractivity contribution in [3.8, 4) is 0 Å². The van der Waals surface area contributed by atoms with Crippen molar-refractivity contribution in [1.29, 1.82) is 0 Å². The quantitative estimate of drug-likeness (QED) is 0.707. The average Bonchev–Trinajstić information content (AvgIpc) is 2.89. The second-order valence-corrected chi connectivity index (χ2v) is 6.79. The fraction of sp³-hybridized carbons (Fsp3) is 0.444. The van der Waals surface area contributed by atoms with Crippen molar-refractivity contribution in [3.63, 3.8) is 0 Å². The van der Waals surface area contributed by atoms with Crippen molar-refractivity contribution < 1.29 is 9.53 Å². The highest BCUT2D eigenvalue weighted by Gasteiger charge is 2.20. The molecule has 0 fully saturated rings. The third kappa shape index (κ3) is 4.85. The first-order valence-corrected chi connectivity index (χ1v) is 9.13. The number of nitrogens with zero attached hydrogens (tertiary/aromatic N) is 2. The second kappa shape index (κ2) is 8.89. The summed E-state index contributed by atoms with van der Waals surface area (Å²) in [6, 6.07) is 10.3. The molecule has 0 saturated carbocycles. The predicted molar refractivity (Wildman–Crippen MR) is 97.1 cm³/mol. The van der Waals surface area contributed by atoms with E-state index in [2.05, 4.69) is 30.5 Å². The van der Waals surface area contributed by atoms with Gasteiger partial charge in [0, 0.05) is 18.7 Å². The van der Waals surface area contributed by atoms with E-state index in [1.165, 1.54) is 17.3 Å². The lowest BCUT2D eigenvalue weighted by Crippen LogP contribution is -2.14. The fourth-order valence-electron chi connectivity index (χ4n) is 2.48. The average molecular weight is 347 g/mol. The highest BCUT2D eigenvalue weighted by atomic mass is 32.2. The number of aromatic nitrogens is 2. The largest absolute Gasteiger partial charge is 0.369 e. The number of carbonyl (C=O) groups excluding carboxylic acids is 1. The first-order valence-electron chi connectivity index (χ1n) is 8.15. The molecule has 0 saturated heterocycles. The molecule has 0 aliphatic heterocycles. The van der Waals surface area contributed by atoms with Crippen LogP contribution in [0.25, 0.3) is 0 Å². The maximum Gasteiger partial charge on any atom is 0.227 e. The Labute approximate surface area is 147 Å². The van der Waals surface area contributed by atoms with Gasteiger partial charge in [-0.05, 0) is 18.4 Å². The normalized spacial score (nSPS) is 11.2. The Bertz CT molecular complexity index is 668. The summed E-state index contributed by atoms with van der Waals surface area (Å²) in [6.07, 6.45) is 0.783. The number of rotatable bonds is 9. The summed E-state index contributed by atoms with van der Waals surface area (Å²) in [5.41, 5.74) is 8.70. The van der Waals surface area contributed by atoms with E-state index < -0.39 is 0 Å². The predicted octanol–water partition coefficient (Wildman–Crippen LogP) is 3.17. The molecule has 5 nitrogen and oxygen atoms in total. The highest BCUT2D eigenvalue weighted by molar-refractivity contribution is 7.99. The first-order chi connectivity index (χ1) is 11.5. The molecule has 24 heavy (non-hydrogen) atoms. The number of nitrogens with two attached hydrogens (primary N) is 1. The Morgan fingerprint density at radius 3 is 2.62 bits per heavy atom. The van der Waals surface area contributed by atoms with E-state index in [-0.39, 0.29) is 11.7 Å². The Balaban J connectivity index is 2.40. The molecule has 1 amide bonds. The van der Waals surface area contributed by atoms with E-state index in [0.29, 0.717) is 19.3 Å². The standard InChI is InChI=1S/C18H25N3O2S/c1-4-23-12-21-15(10-14-8-6-5-7-9-14)17(13(2)3)20-18(21)24-11-16(19)22/h5-9,13H,4,10-12H2,1-3H3,(H2,19,22). The van der Waals surface area contributed by atoms with Crippen molar-refractivity contribution in [3.05, 3.63) is 47.3 Å². The Morgan fingerprint density at radius 1 is 1.33 bits per heavy atom. The number of thioether (sulfide) groups is 1. The van der Waals surface area contributed by atoms with E-state index in [1.54, 1.807) is 0 Å². The van der Waals surface area contributed by atoms with Crippen LogP contribution in [0, 0.1) is 0 Å². The summed E-state index contributed by atoms with van der Waals surface area (Å²) in [4.78, 5) is 15.9. The van der Waals surface area contributed by atoms with Gasteiger partial charge in [0.05, 0.1) is 11.4 Å². The summed E-state index contributed by atoms with van der Waals surface area (Å²) < 4.78 is 7.70. The summed E-state index contributed by atoms with van der Waals surface area (Å²) in [5, 5.41) is 0.789. The number of benzene rings is 1. The molecule has 0 spiro atoms. The number of amides is 1. The minimum absolute atomic E-state index is 0.214. The van der Waals surface area contributed by atoms with E-state index in [1.807, 2.05) is 25.1 Å². The van der Waals surface area contributed by atoms with Gasteiger partial charge in [-0.2, -0.15) is 0 Å². The van der Waals surface area contributed by atoms with Crippen LogP contribution in [0.15, 0.2) is 35.5 Å². The number of hydrogen-bond donors (Lipinski definition) is 1. The smallest absolute Gasteiger partial charge is 0.227 e. The highest BCUT2D eigenvalue weighted by Crippen LogP contribution is 2.28. The van der Waals surface area contributed by atoms with Crippen molar-refractivity contribution in [1.82, 2.24) is 9.55 Å². The summed E-state index contributed by atoms with van der Waals surface area (Å²) >= 11 is 1.37. The molecule has 2 aromatic rings. The van der Waals surface area contributed by atoms with Crippen LogP contribution in [0.5, 0.6) is 0 Å². The zero-order chi connectivity index (χ0) is 17.5. The molecule has 2 rings (SSSR count). The molecule has 130 valence electrons. The molecular formula is C18H25N3O2S. The van der Waals surface area contributed by atoms with Gasteiger partial charge in [0.25, 0.3) is 0 Å². The molecule has 0 aliphatic rings. The van der Waals surface area contributed by atoms with E-state index in [0.717, 1.165) is 23.0 Å². The molecule has 0 aliphatic carbocycles. The summed E-state index contributed by atoms with van der Waals surface area (Å²) in [5.74, 6) is 0.159. The molecule has 0 atom stereocenters. The monoisotopic (exact) mass is 347 g/mol. The molecule has 1 heterocycles. The lowest BCUT2D eigenvalue weighted by molar-refractivity contribution is -0.115. The maximum absolute atomic E-state index is 11.1. The van der Waals surface area contributed by atoms with Crippen LogP contribution in [0.2, 0.25) is 0 Å². The van der Waals surface area contributed by atoms with Crippen LogP contribution in [0.1, 0.15) is 43.6 Å². The molecule has 0 unspecified atom stereocenters. The zero-order valence-corrected chi connectivity index (χ0v) is 15.3. The van der Waals surface area contributed by atoms with E-state index in [9.17, 15) is 4.79 Å². The minimum atomic E-state index is -0.346. The molecule has 1 aromatic carbocycles. The number of imidazole rings is 1. The van der Waals surface area contributed by atoms with Crippen LogP contribution in [-0.2, 0) is 22.7 Å². The topological polar surface area (TPSA) is 70.1 Å². The number of carbonyl (C=O) groups is 1. The number of hydrogen-bond acceptors (Lipinski definition) is 4. The molecule has 0 bridgehead atoms. The summed E-state index contributed by atoms with van der Waals surface area (Å²) in [7, 11) is 0.